The van der Waals surface area contributed by atoms with E-state index in [4.69, 9.17) is 4.42 Å². The number of nitrogens with zero attached hydrogens (tertiary/aromatic N) is 3. The second-order valence-corrected chi connectivity index (χ2v) is 7.36. The highest BCUT2D eigenvalue weighted by Gasteiger charge is 2.35. The highest BCUT2D eigenvalue weighted by atomic mass is 19.1. The fourth-order valence-electron chi connectivity index (χ4n) is 3.29. The molecule has 1 fully saturated rings. The first kappa shape index (κ1) is 19.8. The van der Waals surface area contributed by atoms with Crippen LogP contribution in [0.2, 0.25) is 0 Å². The van der Waals surface area contributed by atoms with Crippen LogP contribution in [0.5, 0.6) is 0 Å². The number of benzene rings is 1. The Morgan fingerprint density at radius 2 is 1.87 bits per heavy atom. The SMILES string of the molecule is O=C(CN(C(=O)c1cccnc1)C1CC1)N(Cc1ccc(F)cc1)Cc1ccco1. The van der Waals surface area contributed by atoms with E-state index in [9.17, 15) is 14.0 Å². The minimum Gasteiger partial charge on any atom is -0.467 e. The summed E-state index contributed by atoms with van der Waals surface area (Å²) in [6, 6.07) is 13.1. The fourth-order valence-corrected chi connectivity index (χ4v) is 3.29. The van der Waals surface area contributed by atoms with E-state index in [1.54, 1.807) is 58.7 Å². The zero-order valence-electron chi connectivity index (χ0n) is 16.4. The number of carbonyl (C=O) groups is 2. The van der Waals surface area contributed by atoms with E-state index in [0.29, 0.717) is 17.9 Å². The molecular weight excluding hydrogens is 385 g/mol. The molecule has 7 heteroatoms. The standard InChI is InChI=1S/C23H22FN3O3/c24-19-7-5-17(6-8-19)14-26(15-21-4-2-12-30-21)22(28)16-27(20-9-10-20)23(29)18-3-1-11-25-13-18/h1-8,11-13,20H,9-10,14-16H2. The predicted molar refractivity (Wildman–Crippen MR) is 108 cm³/mol. The van der Waals surface area contributed by atoms with Crippen molar-refractivity contribution in [2.24, 2.45) is 0 Å². The molecule has 6 nitrogen and oxygen atoms in total. The monoisotopic (exact) mass is 407 g/mol. The molecule has 2 aromatic heterocycles. The molecule has 0 spiro atoms. The molecule has 0 N–H and O–H groups in total. The van der Waals surface area contributed by atoms with Gasteiger partial charge >= 0.3 is 0 Å². The van der Waals surface area contributed by atoms with E-state index in [1.165, 1.54) is 18.3 Å². The zero-order valence-corrected chi connectivity index (χ0v) is 16.4. The van der Waals surface area contributed by atoms with Crippen LogP contribution in [0, 0.1) is 5.82 Å². The van der Waals surface area contributed by atoms with E-state index < -0.39 is 0 Å². The smallest absolute Gasteiger partial charge is 0.256 e. The summed E-state index contributed by atoms with van der Waals surface area (Å²) in [5.41, 5.74) is 1.26. The van der Waals surface area contributed by atoms with Crippen molar-refractivity contribution in [3.63, 3.8) is 0 Å². The molecule has 0 aliphatic heterocycles. The van der Waals surface area contributed by atoms with E-state index in [0.717, 1.165) is 18.4 Å². The minimum absolute atomic E-state index is 0.0275. The number of aromatic nitrogens is 1. The van der Waals surface area contributed by atoms with Gasteiger partial charge in [-0.2, -0.15) is 0 Å². The van der Waals surface area contributed by atoms with Gasteiger partial charge in [-0.3, -0.25) is 14.6 Å². The first-order valence-electron chi connectivity index (χ1n) is 9.86. The first-order valence-corrected chi connectivity index (χ1v) is 9.86. The largest absolute Gasteiger partial charge is 0.467 e. The van der Waals surface area contributed by atoms with Crippen molar-refractivity contribution in [1.29, 1.82) is 0 Å². The lowest BCUT2D eigenvalue weighted by molar-refractivity contribution is -0.133. The molecule has 154 valence electrons. The van der Waals surface area contributed by atoms with Gasteiger partial charge < -0.3 is 14.2 Å². The van der Waals surface area contributed by atoms with Crippen molar-refractivity contribution < 1.29 is 18.4 Å². The summed E-state index contributed by atoms with van der Waals surface area (Å²) in [4.78, 5) is 33.4. The van der Waals surface area contributed by atoms with Crippen molar-refractivity contribution in [2.45, 2.75) is 32.0 Å². The summed E-state index contributed by atoms with van der Waals surface area (Å²) in [6.45, 7) is 0.530. The lowest BCUT2D eigenvalue weighted by Crippen LogP contribution is -2.43. The average Bonchev–Trinajstić information content (AvgIpc) is 3.48. The lowest BCUT2D eigenvalue weighted by Gasteiger charge is -2.27. The summed E-state index contributed by atoms with van der Waals surface area (Å²) in [5.74, 6) is -0.0785. The van der Waals surface area contributed by atoms with Crippen molar-refractivity contribution in [1.82, 2.24) is 14.8 Å². The molecule has 30 heavy (non-hydrogen) atoms. The Balaban J connectivity index is 1.52. The number of furan rings is 1. The maximum Gasteiger partial charge on any atom is 0.256 e. The molecule has 0 atom stereocenters. The zero-order chi connectivity index (χ0) is 20.9. The summed E-state index contributed by atoms with van der Waals surface area (Å²) < 4.78 is 18.7. The highest BCUT2D eigenvalue weighted by molar-refractivity contribution is 5.96. The molecule has 0 bridgehead atoms. The maximum atomic E-state index is 13.3. The van der Waals surface area contributed by atoms with Gasteiger partial charge in [0.2, 0.25) is 5.91 Å². The third kappa shape index (κ3) is 4.92. The normalized spacial score (nSPS) is 13.1. The van der Waals surface area contributed by atoms with Gasteiger partial charge in [0.25, 0.3) is 5.91 Å². The molecule has 1 aromatic carbocycles. The van der Waals surface area contributed by atoms with Crippen LogP contribution >= 0.6 is 0 Å². The Morgan fingerprint density at radius 3 is 2.50 bits per heavy atom. The number of rotatable bonds is 8. The van der Waals surface area contributed by atoms with Crippen LogP contribution < -0.4 is 0 Å². The maximum absolute atomic E-state index is 13.3. The van der Waals surface area contributed by atoms with Crippen molar-refractivity contribution in [3.05, 3.63) is 89.9 Å². The second-order valence-electron chi connectivity index (χ2n) is 7.36. The summed E-state index contributed by atoms with van der Waals surface area (Å²) in [6.07, 6.45) is 6.45. The Labute approximate surface area is 173 Å². The fraction of sp³-hybridized carbons (Fsp3) is 0.261. The van der Waals surface area contributed by atoms with Gasteiger partial charge in [0.15, 0.2) is 0 Å². The molecule has 2 amide bonds. The molecule has 4 rings (SSSR count). The van der Waals surface area contributed by atoms with Crippen LogP contribution in [0.1, 0.15) is 34.5 Å². The molecule has 1 aliphatic carbocycles. The predicted octanol–water partition coefficient (Wildman–Crippen LogP) is 3.65. The highest BCUT2D eigenvalue weighted by Crippen LogP contribution is 2.28. The first-order chi connectivity index (χ1) is 14.6. The van der Waals surface area contributed by atoms with Gasteiger partial charge in [0.1, 0.15) is 18.1 Å². The average molecular weight is 407 g/mol. The van der Waals surface area contributed by atoms with Gasteiger partial charge in [0.05, 0.1) is 18.4 Å². The van der Waals surface area contributed by atoms with Crippen LogP contribution in [0.4, 0.5) is 4.39 Å². The molecule has 3 aromatic rings. The minimum atomic E-state index is -0.329. The van der Waals surface area contributed by atoms with Crippen LogP contribution in [-0.2, 0) is 17.9 Å². The third-order valence-corrected chi connectivity index (χ3v) is 5.03. The number of halogens is 1. The van der Waals surface area contributed by atoms with Crippen LogP contribution in [0.25, 0.3) is 0 Å². The van der Waals surface area contributed by atoms with Gasteiger partial charge in [-0.25, -0.2) is 4.39 Å². The van der Waals surface area contributed by atoms with E-state index in [2.05, 4.69) is 4.98 Å². The van der Waals surface area contributed by atoms with Crippen molar-refractivity contribution in [3.8, 4) is 0 Å². The summed E-state index contributed by atoms with van der Waals surface area (Å²) in [7, 11) is 0. The number of carbonyl (C=O) groups excluding carboxylic acids is 2. The van der Waals surface area contributed by atoms with Crippen LogP contribution in [0.3, 0.4) is 0 Å². The number of hydrogen-bond donors (Lipinski definition) is 0. The van der Waals surface area contributed by atoms with Crippen molar-refractivity contribution in [2.75, 3.05) is 6.54 Å². The number of pyridine rings is 1. The molecular formula is C23H22FN3O3. The van der Waals surface area contributed by atoms with Gasteiger partial charge in [0, 0.05) is 25.0 Å². The number of hydrogen-bond acceptors (Lipinski definition) is 4. The molecule has 0 radical (unpaired) electrons. The van der Waals surface area contributed by atoms with Crippen LogP contribution in [0.15, 0.2) is 71.6 Å². The molecule has 0 saturated heterocycles. The van der Waals surface area contributed by atoms with E-state index in [1.807, 2.05) is 0 Å². The third-order valence-electron chi connectivity index (χ3n) is 5.03. The van der Waals surface area contributed by atoms with E-state index >= 15 is 0 Å². The molecule has 1 aliphatic rings. The Bertz CT molecular complexity index is 986. The van der Waals surface area contributed by atoms with Gasteiger partial charge in [-0.1, -0.05) is 12.1 Å². The van der Waals surface area contributed by atoms with Gasteiger partial charge in [-0.05, 0) is 54.8 Å². The molecule has 1 saturated carbocycles. The summed E-state index contributed by atoms with van der Waals surface area (Å²) in [5, 5.41) is 0. The van der Waals surface area contributed by atoms with Crippen molar-refractivity contribution >= 4 is 11.8 Å². The Kier molecular flexibility index (Phi) is 5.88. The van der Waals surface area contributed by atoms with Crippen LogP contribution in [-0.4, -0.2) is 39.2 Å². The van der Waals surface area contributed by atoms with E-state index in [-0.39, 0.29) is 36.8 Å². The second kappa shape index (κ2) is 8.90. The molecule has 2 heterocycles. The summed E-state index contributed by atoms with van der Waals surface area (Å²) >= 11 is 0. The lowest BCUT2D eigenvalue weighted by atomic mass is 10.2. The Hall–Kier alpha value is -3.48. The topological polar surface area (TPSA) is 66.7 Å². The Morgan fingerprint density at radius 1 is 1.07 bits per heavy atom. The quantitative estimate of drug-likeness (QED) is 0.572. The molecule has 0 unspecified atom stereocenters. The number of amides is 2. The van der Waals surface area contributed by atoms with Gasteiger partial charge in [-0.15, -0.1) is 0 Å².